The molecule has 0 saturated carbocycles. The fourth-order valence-corrected chi connectivity index (χ4v) is 2.15. The third-order valence-electron chi connectivity index (χ3n) is 2.83. The molecule has 0 radical (unpaired) electrons. The van der Waals surface area contributed by atoms with Gasteiger partial charge in [0.2, 0.25) is 11.8 Å². The number of hydrogen-bond donors (Lipinski definition) is 0. The molecule has 6 heteroatoms. The molecular weight excluding hydrogens is 266 g/mol. The smallest absolute Gasteiger partial charge is 0.235 e. The van der Waals surface area contributed by atoms with Crippen molar-refractivity contribution in [2.75, 3.05) is 13.2 Å². The van der Waals surface area contributed by atoms with Crippen LogP contribution in [-0.4, -0.2) is 42.1 Å². The Labute approximate surface area is 116 Å². The molecule has 0 N–H and O–H groups in total. The van der Waals surface area contributed by atoms with Gasteiger partial charge in [0.1, 0.15) is 24.6 Å². The molecule has 100 valence electrons. The fourth-order valence-electron chi connectivity index (χ4n) is 1.94. The number of ether oxygens (including phenoxy) is 2. The van der Waals surface area contributed by atoms with Gasteiger partial charge in [-0.3, -0.25) is 0 Å². The standard InChI is InChI=1S/C13H14ClN3O2/c1-7-5-18-12(15-7)10-3-9(14)4-11(17-10)13-16-8(2)6-19-13/h3-4,7-8H,5-6H2,1-2H3/t7-,8-/m0/s1. The number of pyridine rings is 1. The zero-order chi connectivity index (χ0) is 13.4. The molecule has 0 amide bonds. The van der Waals surface area contributed by atoms with E-state index in [4.69, 9.17) is 21.1 Å². The van der Waals surface area contributed by atoms with E-state index in [9.17, 15) is 0 Å². The molecule has 0 aromatic carbocycles. The number of nitrogens with zero attached hydrogens (tertiary/aromatic N) is 3. The monoisotopic (exact) mass is 279 g/mol. The third kappa shape index (κ3) is 2.56. The Morgan fingerprint density at radius 1 is 1.00 bits per heavy atom. The SMILES string of the molecule is C[C@H]1COC(c2cc(Cl)cc(C3=N[C@@H](C)CO3)n2)=N1. The van der Waals surface area contributed by atoms with Crippen molar-refractivity contribution in [2.45, 2.75) is 25.9 Å². The highest BCUT2D eigenvalue weighted by Gasteiger charge is 2.22. The van der Waals surface area contributed by atoms with E-state index in [-0.39, 0.29) is 12.1 Å². The van der Waals surface area contributed by atoms with Gasteiger partial charge in [0.05, 0.1) is 12.1 Å². The van der Waals surface area contributed by atoms with Gasteiger partial charge < -0.3 is 9.47 Å². The summed E-state index contributed by atoms with van der Waals surface area (Å²) in [5.74, 6) is 1.06. The van der Waals surface area contributed by atoms with Crippen molar-refractivity contribution in [1.29, 1.82) is 0 Å². The summed E-state index contributed by atoms with van der Waals surface area (Å²) in [4.78, 5) is 13.2. The van der Waals surface area contributed by atoms with E-state index in [2.05, 4.69) is 15.0 Å². The highest BCUT2D eigenvalue weighted by atomic mass is 35.5. The minimum atomic E-state index is 0.152. The van der Waals surface area contributed by atoms with Gasteiger partial charge in [-0.25, -0.2) is 15.0 Å². The lowest BCUT2D eigenvalue weighted by molar-refractivity contribution is 0.321. The second-order valence-corrected chi connectivity index (χ2v) is 5.18. The number of halogens is 1. The van der Waals surface area contributed by atoms with Gasteiger partial charge in [0.25, 0.3) is 0 Å². The van der Waals surface area contributed by atoms with Gasteiger partial charge in [-0.05, 0) is 26.0 Å². The molecule has 0 aliphatic carbocycles. The summed E-state index contributed by atoms with van der Waals surface area (Å²) in [6.45, 7) is 5.13. The van der Waals surface area contributed by atoms with Crippen LogP contribution in [0.2, 0.25) is 5.02 Å². The van der Waals surface area contributed by atoms with Crippen LogP contribution in [0.5, 0.6) is 0 Å². The van der Waals surface area contributed by atoms with Crippen LogP contribution in [0.3, 0.4) is 0 Å². The van der Waals surface area contributed by atoms with E-state index < -0.39 is 0 Å². The topological polar surface area (TPSA) is 56.1 Å². The summed E-state index contributed by atoms with van der Waals surface area (Å²) in [6, 6.07) is 3.78. The average Bonchev–Trinajstić information content (AvgIpc) is 2.97. The number of aromatic nitrogens is 1. The van der Waals surface area contributed by atoms with E-state index in [0.29, 0.717) is 41.4 Å². The highest BCUT2D eigenvalue weighted by molar-refractivity contribution is 6.31. The van der Waals surface area contributed by atoms with Crippen LogP contribution in [0.1, 0.15) is 25.2 Å². The summed E-state index contributed by atoms with van der Waals surface area (Å²) in [5, 5.41) is 0.566. The Kier molecular flexibility index (Phi) is 3.14. The maximum atomic E-state index is 6.12. The molecule has 0 unspecified atom stereocenters. The van der Waals surface area contributed by atoms with Crippen LogP contribution < -0.4 is 0 Å². The molecule has 2 aliphatic rings. The molecule has 0 spiro atoms. The van der Waals surface area contributed by atoms with Crippen molar-refractivity contribution in [3.8, 4) is 0 Å². The van der Waals surface area contributed by atoms with E-state index in [1.54, 1.807) is 12.1 Å². The molecule has 0 saturated heterocycles. The number of aliphatic imine (C=N–C) groups is 2. The van der Waals surface area contributed by atoms with Gasteiger partial charge in [-0.1, -0.05) is 11.6 Å². The van der Waals surface area contributed by atoms with Gasteiger partial charge in [-0.2, -0.15) is 0 Å². The lowest BCUT2D eigenvalue weighted by Crippen LogP contribution is -2.10. The lowest BCUT2D eigenvalue weighted by atomic mass is 10.3. The van der Waals surface area contributed by atoms with Crippen LogP contribution in [0.4, 0.5) is 0 Å². The fraction of sp³-hybridized carbons (Fsp3) is 0.462. The van der Waals surface area contributed by atoms with E-state index in [0.717, 1.165) is 0 Å². The summed E-state index contributed by atoms with van der Waals surface area (Å²) < 4.78 is 11.0. The van der Waals surface area contributed by atoms with Crippen LogP contribution in [0.25, 0.3) is 0 Å². The maximum Gasteiger partial charge on any atom is 0.235 e. The minimum Gasteiger partial charge on any atom is -0.474 e. The Morgan fingerprint density at radius 3 is 1.84 bits per heavy atom. The van der Waals surface area contributed by atoms with Crippen LogP contribution in [0.15, 0.2) is 22.1 Å². The normalized spacial score (nSPS) is 25.6. The second-order valence-electron chi connectivity index (χ2n) is 4.74. The molecule has 1 aromatic heterocycles. The first-order valence-electron chi connectivity index (χ1n) is 6.21. The third-order valence-corrected chi connectivity index (χ3v) is 3.04. The summed E-state index contributed by atoms with van der Waals surface area (Å²) >= 11 is 6.12. The average molecular weight is 280 g/mol. The van der Waals surface area contributed by atoms with Crippen molar-refractivity contribution >= 4 is 23.4 Å². The Bertz CT molecular complexity index is 525. The Morgan fingerprint density at radius 2 is 1.47 bits per heavy atom. The molecule has 2 aliphatic heterocycles. The van der Waals surface area contributed by atoms with Crippen LogP contribution in [0, 0.1) is 0 Å². The van der Waals surface area contributed by atoms with E-state index in [1.165, 1.54) is 0 Å². The molecule has 3 rings (SSSR count). The Balaban J connectivity index is 1.97. The molecule has 1 aromatic rings. The molecule has 0 fully saturated rings. The van der Waals surface area contributed by atoms with Gasteiger partial charge >= 0.3 is 0 Å². The van der Waals surface area contributed by atoms with Crippen LogP contribution in [-0.2, 0) is 9.47 Å². The van der Waals surface area contributed by atoms with Crippen molar-refractivity contribution < 1.29 is 9.47 Å². The predicted molar refractivity (Wildman–Crippen MR) is 73.1 cm³/mol. The van der Waals surface area contributed by atoms with E-state index in [1.807, 2.05) is 13.8 Å². The molecular formula is C13H14ClN3O2. The van der Waals surface area contributed by atoms with Crippen molar-refractivity contribution in [3.05, 3.63) is 28.5 Å². The largest absolute Gasteiger partial charge is 0.474 e. The molecule has 19 heavy (non-hydrogen) atoms. The van der Waals surface area contributed by atoms with Gasteiger partial charge in [0, 0.05) is 5.02 Å². The maximum absolute atomic E-state index is 6.12. The lowest BCUT2D eigenvalue weighted by Gasteiger charge is -2.05. The highest BCUT2D eigenvalue weighted by Crippen LogP contribution is 2.19. The molecule has 5 nitrogen and oxygen atoms in total. The van der Waals surface area contributed by atoms with E-state index >= 15 is 0 Å². The Hall–Kier alpha value is -1.62. The van der Waals surface area contributed by atoms with Gasteiger partial charge in [-0.15, -0.1) is 0 Å². The first-order chi connectivity index (χ1) is 9.11. The summed E-state index contributed by atoms with van der Waals surface area (Å²) in [7, 11) is 0. The molecule has 3 heterocycles. The number of hydrogen-bond acceptors (Lipinski definition) is 5. The van der Waals surface area contributed by atoms with Gasteiger partial charge in [0.15, 0.2) is 0 Å². The van der Waals surface area contributed by atoms with Crippen molar-refractivity contribution in [1.82, 2.24) is 4.98 Å². The second kappa shape index (κ2) is 4.81. The zero-order valence-corrected chi connectivity index (χ0v) is 11.5. The molecule has 2 atom stereocenters. The number of rotatable bonds is 2. The molecule has 0 bridgehead atoms. The quantitative estimate of drug-likeness (QED) is 0.833. The van der Waals surface area contributed by atoms with Crippen molar-refractivity contribution in [2.24, 2.45) is 9.98 Å². The zero-order valence-electron chi connectivity index (χ0n) is 10.8. The van der Waals surface area contributed by atoms with Crippen molar-refractivity contribution in [3.63, 3.8) is 0 Å². The van der Waals surface area contributed by atoms with Crippen LogP contribution >= 0.6 is 11.6 Å². The predicted octanol–water partition coefficient (Wildman–Crippen LogP) is 2.07. The summed E-state index contributed by atoms with van der Waals surface area (Å²) in [6.07, 6.45) is 0. The summed E-state index contributed by atoms with van der Waals surface area (Å²) in [5.41, 5.74) is 1.25. The first kappa shape index (κ1) is 12.4. The minimum absolute atomic E-state index is 0.152. The first-order valence-corrected chi connectivity index (χ1v) is 6.59.